The molecule has 2 aliphatic carbocycles. The molecule has 102 valence electrons. The van der Waals surface area contributed by atoms with Crippen LogP contribution in [0.3, 0.4) is 0 Å². The van der Waals surface area contributed by atoms with E-state index < -0.39 is 0 Å². The summed E-state index contributed by atoms with van der Waals surface area (Å²) in [4.78, 5) is 9.56. The summed E-state index contributed by atoms with van der Waals surface area (Å²) in [5.41, 5.74) is 2.66. The van der Waals surface area contributed by atoms with Crippen LogP contribution in [0.25, 0.3) is 0 Å². The van der Waals surface area contributed by atoms with Gasteiger partial charge in [-0.25, -0.2) is 9.97 Å². The molecule has 4 rings (SSSR count). The summed E-state index contributed by atoms with van der Waals surface area (Å²) in [6, 6.07) is 0. The summed E-state index contributed by atoms with van der Waals surface area (Å²) in [5.74, 6) is 2.81. The summed E-state index contributed by atoms with van der Waals surface area (Å²) in [6.07, 6.45) is 8.77. The maximum atomic E-state index is 5.68. The molecule has 0 aromatic carbocycles. The van der Waals surface area contributed by atoms with E-state index in [-0.39, 0.29) is 0 Å². The Bertz CT molecular complexity index is 479. The predicted molar refractivity (Wildman–Crippen MR) is 73.5 cm³/mol. The van der Waals surface area contributed by atoms with Gasteiger partial charge < -0.3 is 10.1 Å². The lowest BCUT2D eigenvalue weighted by Crippen LogP contribution is -2.20. The van der Waals surface area contributed by atoms with E-state index in [0.717, 1.165) is 37.6 Å². The van der Waals surface area contributed by atoms with E-state index in [9.17, 15) is 0 Å². The zero-order chi connectivity index (χ0) is 12.7. The Morgan fingerprint density at radius 3 is 2.84 bits per heavy atom. The number of rotatable bonds is 4. The Morgan fingerprint density at radius 1 is 1.11 bits per heavy atom. The lowest BCUT2D eigenvalue weighted by atomic mass is 10.2. The third-order valence-electron chi connectivity index (χ3n) is 4.41. The van der Waals surface area contributed by atoms with E-state index in [0.29, 0.717) is 12.0 Å². The molecule has 1 saturated carbocycles. The predicted octanol–water partition coefficient (Wildman–Crippen LogP) is 2.43. The Balaban J connectivity index is 1.55. The van der Waals surface area contributed by atoms with E-state index >= 15 is 0 Å². The van der Waals surface area contributed by atoms with Gasteiger partial charge in [0.25, 0.3) is 0 Å². The maximum absolute atomic E-state index is 5.68. The molecule has 0 spiro atoms. The number of fused-ring (bicyclic) bond motifs is 1. The minimum absolute atomic E-state index is 0.372. The largest absolute Gasteiger partial charge is 0.376 e. The van der Waals surface area contributed by atoms with Gasteiger partial charge in [-0.3, -0.25) is 0 Å². The SMILES string of the molecule is C1Cc2nc(C3CC3)nc(NCC3CCCO3)c2C1. The fourth-order valence-corrected chi connectivity index (χ4v) is 3.14. The number of hydrogen-bond acceptors (Lipinski definition) is 4. The fraction of sp³-hybridized carbons (Fsp3) is 0.733. The number of ether oxygens (including phenoxy) is 1. The van der Waals surface area contributed by atoms with E-state index in [1.165, 1.54) is 43.4 Å². The van der Waals surface area contributed by atoms with Gasteiger partial charge in [0.1, 0.15) is 11.6 Å². The van der Waals surface area contributed by atoms with Crippen LogP contribution in [-0.2, 0) is 17.6 Å². The number of anilines is 1. The summed E-state index contributed by atoms with van der Waals surface area (Å²) >= 11 is 0. The van der Waals surface area contributed by atoms with Crippen molar-refractivity contribution < 1.29 is 4.74 Å². The van der Waals surface area contributed by atoms with Crippen molar-refractivity contribution in [3.63, 3.8) is 0 Å². The zero-order valence-corrected chi connectivity index (χ0v) is 11.3. The molecule has 2 heterocycles. The van der Waals surface area contributed by atoms with Crippen LogP contribution in [0, 0.1) is 0 Å². The van der Waals surface area contributed by atoms with Gasteiger partial charge in [-0.1, -0.05) is 0 Å². The molecule has 4 heteroatoms. The third-order valence-corrected chi connectivity index (χ3v) is 4.41. The number of nitrogens with one attached hydrogen (secondary N) is 1. The first kappa shape index (κ1) is 11.6. The van der Waals surface area contributed by atoms with Crippen LogP contribution in [-0.4, -0.2) is 29.2 Å². The van der Waals surface area contributed by atoms with Crippen molar-refractivity contribution in [3.05, 3.63) is 17.1 Å². The van der Waals surface area contributed by atoms with Crippen molar-refractivity contribution in [2.24, 2.45) is 0 Å². The first-order valence-electron chi connectivity index (χ1n) is 7.65. The quantitative estimate of drug-likeness (QED) is 0.902. The smallest absolute Gasteiger partial charge is 0.134 e. The van der Waals surface area contributed by atoms with Crippen LogP contribution < -0.4 is 5.32 Å². The maximum Gasteiger partial charge on any atom is 0.134 e. The van der Waals surface area contributed by atoms with E-state index in [2.05, 4.69) is 5.32 Å². The van der Waals surface area contributed by atoms with Gasteiger partial charge >= 0.3 is 0 Å². The van der Waals surface area contributed by atoms with Crippen LogP contribution in [0.2, 0.25) is 0 Å². The molecule has 1 aliphatic heterocycles. The molecule has 2 fully saturated rings. The van der Waals surface area contributed by atoms with Crippen LogP contribution in [0.5, 0.6) is 0 Å². The number of aryl methyl sites for hydroxylation is 1. The highest BCUT2D eigenvalue weighted by Gasteiger charge is 2.29. The normalized spacial score (nSPS) is 25.6. The van der Waals surface area contributed by atoms with Crippen LogP contribution in [0.1, 0.15) is 55.1 Å². The molecule has 0 amide bonds. The molecule has 1 N–H and O–H groups in total. The van der Waals surface area contributed by atoms with Crippen molar-refractivity contribution in [3.8, 4) is 0 Å². The summed E-state index contributed by atoms with van der Waals surface area (Å²) in [5, 5.41) is 3.53. The lowest BCUT2D eigenvalue weighted by Gasteiger charge is -2.15. The molecule has 1 aromatic rings. The average molecular weight is 259 g/mol. The minimum atomic E-state index is 0.372. The first-order chi connectivity index (χ1) is 9.40. The Hall–Kier alpha value is -1.16. The second-order valence-electron chi connectivity index (χ2n) is 6.00. The number of hydrogen-bond donors (Lipinski definition) is 1. The van der Waals surface area contributed by atoms with Crippen molar-refractivity contribution in [1.82, 2.24) is 9.97 Å². The summed E-state index contributed by atoms with van der Waals surface area (Å²) in [7, 11) is 0. The van der Waals surface area contributed by atoms with Crippen molar-refractivity contribution in [2.75, 3.05) is 18.5 Å². The highest BCUT2D eigenvalue weighted by Crippen LogP contribution is 2.40. The second-order valence-corrected chi connectivity index (χ2v) is 6.00. The summed E-state index contributed by atoms with van der Waals surface area (Å²) in [6.45, 7) is 1.81. The van der Waals surface area contributed by atoms with Crippen LogP contribution in [0.15, 0.2) is 0 Å². The number of aromatic nitrogens is 2. The molecule has 0 radical (unpaired) electrons. The van der Waals surface area contributed by atoms with Crippen LogP contribution >= 0.6 is 0 Å². The standard InChI is InChI=1S/C15H21N3O/c1-4-12-13(5-1)17-14(10-6-7-10)18-15(12)16-9-11-3-2-8-19-11/h10-11H,1-9H2,(H,16,17,18). The monoisotopic (exact) mass is 259 g/mol. The molecule has 19 heavy (non-hydrogen) atoms. The highest BCUT2D eigenvalue weighted by molar-refractivity contribution is 5.49. The number of nitrogens with zero attached hydrogens (tertiary/aromatic N) is 2. The van der Waals surface area contributed by atoms with E-state index in [1.54, 1.807) is 0 Å². The first-order valence-corrected chi connectivity index (χ1v) is 7.65. The van der Waals surface area contributed by atoms with Crippen LogP contribution in [0.4, 0.5) is 5.82 Å². The van der Waals surface area contributed by atoms with E-state index in [1.807, 2.05) is 0 Å². The Labute approximate surface area is 114 Å². The zero-order valence-electron chi connectivity index (χ0n) is 11.3. The van der Waals surface area contributed by atoms with Gasteiger partial charge in [0, 0.05) is 30.3 Å². The second kappa shape index (κ2) is 4.75. The van der Waals surface area contributed by atoms with Crippen molar-refractivity contribution >= 4 is 5.82 Å². The van der Waals surface area contributed by atoms with E-state index in [4.69, 9.17) is 14.7 Å². The molecular formula is C15H21N3O. The van der Waals surface area contributed by atoms with Gasteiger partial charge in [-0.15, -0.1) is 0 Å². The molecule has 1 atom stereocenters. The summed E-state index contributed by atoms with van der Waals surface area (Å²) < 4.78 is 5.68. The molecule has 4 nitrogen and oxygen atoms in total. The van der Waals surface area contributed by atoms with Gasteiger partial charge in [-0.2, -0.15) is 0 Å². The fourth-order valence-electron chi connectivity index (χ4n) is 3.14. The Morgan fingerprint density at radius 2 is 2.05 bits per heavy atom. The molecule has 0 bridgehead atoms. The third kappa shape index (κ3) is 2.34. The van der Waals surface area contributed by atoms with Gasteiger partial charge in [0.15, 0.2) is 0 Å². The van der Waals surface area contributed by atoms with Crippen molar-refractivity contribution in [2.45, 2.75) is 57.0 Å². The average Bonchev–Trinajstić information content (AvgIpc) is 2.96. The van der Waals surface area contributed by atoms with Crippen molar-refractivity contribution in [1.29, 1.82) is 0 Å². The molecule has 1 aromatic heterocycles. The molecule has 1 unspecified atom stereocenters. The molecule has 1 saturated heterocycles. The van der Waals surface area contributed by atoms with Gasteiger partial charge in [0.05, 0.1) is 6.10 Å². The molecular weight excluding hydrogens is 238 g/mol. The highest BCUT2D eigenvalue weighted by atomic mass is 16.5. The Kier molecular flexibility index (Phi) is 2.91. The van der Waals surface area contributed by atoms with Gasteiger partial charge in [-0.05, 0) is 44.9 Å². The topological polar surface area (TPSA) is 47.0 Å². The minimum Gasteiger partial charge on any atom is -0.376 e. The lowest BCUT2D eigenvalue weighted by molar-refractivity contribution is 0.120. The van der Waals surface area contributed by atoms with Gasteiger partial charge in [0.2, 0.25) is 0 Å². The molecule has 3 aliphatic rings.